The summed E-state index contributed by atoms with van der Waals surface area (Å²) >= 11 is 0. The highest BCUT2D eigenvalue weighted by Gasteiger charge is 2.31. The quantitative estimate of drug-likeness (QED) is 0.667. The summed E-state index contributed by atoms with van der Waals surface area (Å²) in [5.74, 6) is 0. The van der Waals surface area contributed by atoms with Crippen LogP contribution in [0.4, 0.5) is 0 Å². The second-order valence-corrected chi connectivity index (χ2v) is 6.58. The molecule has 1 aliphatic heterocycles. The van der Waals surface area contributed by atoms with Gasteiger partial charge < -0.3 is 9.05 Å². The standard InChI is InChI=1S/C9H20NO2P/c1-8(2,3)10-13-11-6-9(4,5)7-12-13/h10H,6-7H2,1-5H3. The van der Waals surface area contributed by atoms with Crippen molar-refractivity contribution in [1.82, 2.24) is 5.09 Å². The van der Waals surface area contributed by atoms with E-state index in [1.165, 1.54) is 0 Å². The maximum atomic E-state index is 5.60. The molecule has 1 heterocycles. The SMILES string of the molecule is CC1(C)COP(NC(C)(C)C)OC1. The van der Waals surface area contributed by atoms with E-state index in [9.17, 15) is 0 Å². The van der Waals surface area contributed by atoms with Crippen LogP contribution in [0.2, 0.25) is 0 Å². The molecule has 0 unspecified atom stereocenters. The third-order valence-corrected chi connectivity index (χ3v) is 3.15. The first-order chi connectivity index (χ1) is 5.79. The molecular weight excluding hydrogens is 185 g/mol. The lowest BCUT2D eigenvalue weighted by atomic mass is 9.97. The van der Waals surface area contributed by atoms with E-state index in [0.717, 1.165) is 13.2 Å². The fourth-order valence-electron chi connectivity index (χ4n) is 0.884. The van der Waals surface area contributed by atoms with Gasteiger partial charge in [-0.15, -0.1) is 0 Å². The van der Waals surface area contributed by atoms with Gasteiger partial charge in [0.2, 0.25) is 0 Å². The Labute approximate surface area is 82.2 Å². The minimum Gasteiger partial charge on any atom is -0.321 e. The van der Waals surface area contributed by atoms with Crippen LogP contribution in [0.5, 0.6) is 0 Å². The van der Waals surface area contributed by atoms with Crippen LogP contribution in [0.3, 0.4) is 0 Å². The molecule has 4 heteroatoms. The van der Waals surface area contributed by atoms with Crippen molar-refractivity contribution in [2.24, 2.45) is 5.41 Å². The number of hydrogen-bond donors (Lipinski definition) is 1. The monoisotopic (exact) mass is 205 g/mol. The average molecular weight is 205 g/mol. The second kappa shape index (κ2) is 3.82. The summed E-state index contributed by atoms with van der Waals surface area (Å²) in [6.07, 6.45) is 0. The van der Waals surface area contributed by atoms with E-state index in [1.54, 1.807) is 0 Å². The molecule has 13 heavy (non-hydrogen) atoms. The molecule has 0 amide bonds. The van der Waals surface area contributed by atoms with Gasteiger partial charge in [0.25, 0.3) is 8.53 Å². The van der Waals surface area contributed by atoms with Gasteiger partial charge in [-0.1, -0.05) is 13.8 Å². The number of nitrogens with one attached hydrogen (secondary N) is 1. The minimum atomic E-state index is -0.868. The van der Waals surface area contributed by atoms with Crippen LogP contribution < -0.4 is 5.09 Å². The lowest BCUT2D eigenvalue weighted by Gasteiger charge is -2.36. The molecule has 1 fully saturated rings. The predicted octanol–water partition coefficient (Wildman–Crippen LogP) is 2.67. The fourth-order valence-corrected chi connectivity index (χ4v) is 2.57. The van der Waals surface area contributed by atoms with Gasteiger partial charge in [0, 0.05) is 11.0 Å². The molecule has 1 N–H and O–H groups in total. The maximum Gasteiger partial charge on any atom is 0.256 e. The van der Waals surface area contributed by atoms with Gasteiger partial charge in [-0.05, 0) is 20.8 Å². The molecule has 0 spiro atoms. The summed E-state index contributed by atoms with van der Waals surface area (Å²) in [4.78, 5) is 0. The number of hydrogen-bond acceptors (Lipinski definition) is 3. The molecule has 1 rings (SSSR count). The van der Waals surface area contributed by atoms with Crippen LogP contribution in [0.25, 0.3) is 0 Å². The molecule has 0 aromatic rings. The van der Waals surface area contributed by atoms with Crippen molar-refractivity contribution in [2.75, 3.05) is 13.2 Å². The molecule has 0 aromatic carbocycles. The Morgan fingerprint density at radius 3 is 2.00 bits per heavy atom. The lowest BCUT2D eigenvalue weighted by molar-refractivity contribution is 0.0559. The van der Waals surface area contributed by atoms with Gasteiger partial charge in [-0.2, -0.15) is 0 Å². The first-order valence-corrected chi connectivity index (χ1v) is 5.80. The van der Waals surface area contributed by atoms with Gasteiger partial charge in [-0.3, -0.25) is 0 Å². The molecule has 0 aliphatic carbocycles. The zero-order valence-electron chi connectivity index (χ0n) is 9.18. The van der Waals surface area contributed by atoms with E-state index < -0.39 is 8.53 Å². The van der Waals surface area contributed by atoms with Crippen molar-refractivity contribution < 1.29 is 9.05 Å². The largest absolute Gasteiger partial charge is 0.321 e. The minimum absolute atomic E-state index is 0.0627. The predicted molar refractivity (Wildman–Crippen MR) is 55.5 cm³/mol. The average Bonchev–Trinajstić information content (AvgIpc) is 1.91. The molecule has 0 radical (unpaired) electrons. The second-order valence-electron chi connectivity index (χ2n) is 5.33. The summed E-state index contributed by atoms with van der Waals surface area (Å²) in [7, 11) is -0.868. The Balaban J connectivity index is 2.34. The molecule has 0 saturated carbocycles. The number of rotatable bonds is 1. The maximum absolute atomic E-state index is 5.60. The fraction of sp³-hybridized carbons (Fsp3) is 1.00. The van der Waals surface area contributed by atoms with Gasteiger partial charge in [0.15, 0.2) is 0 Å². The van der Waals surface area contributed by atoms with E-state index in [2.05, 4.69) is 39.7 Å². The van der Waals surface area contributed by atoms with Crippen LogP contribution in [-0.2, 0) is 9.05 Å². The van der Waals surface area contributed by atoms with Crippen LogP contribution in [0.15, 0.2) is 0 Å². The molecular formula is C9H20NO2P. The molecule has 0 bridgehead atoms. The zero-order valence-corrected chi connectivity index (χ0v) is 10.1. The van der Waals surface area contributed by atoms with Crippen molar-refractivity contribution in [2.45, 2.75) is 40.2 Å². The van der Waals surface area contributed by atoms with Crippen LogP contribution >= 0.6 is 8.53 Å². The van der Waals surface area contributed by atoms with E-state index in [4.69, 9.17) is 9.05 Å². The summed E-state index contributed by atoms with van der Waals surface area (Å²) in [5.41, 5.74) is 0.228. The topological polar surface area (TPSA) is 30.5 Å². The van der Waals surface area contributed by atoms with Crippen LogP contribution in [0, 0.1) is 5.41 Å². The van der Waals surface area contributed by atoms with E-state index in [-0.39, 0.29) is 11.0 Å². The summed E-state index contributed by atoms with van der Waals surface area (Å²) in [6.45, 7) is 12.2. The van der Waals surface area contributed by atoms with Crippen molar-refractivity contribution in [3.8, 4) is 0 Å². The van der Waals surface area contributed by atoms with Crippen LogP contribution in [0.1, 0.15) is 34.6 Å². The van der Waals surface area contributed by atoms with Crippen molar-refractivity contribution in [1.29, 1.82) is 0 Å². The first-order valence-electron chi connectivity index (χ1n) is 4.62. The van der Waals surface area contributed by atoms with Crippen LogP contribution in [-0.4, -0.2) is 18.8 Å². The Kier molecular flexibility index (Phi) is 3.34. The van der Waals surface area contributed by atoms with Crippen molar-refractivity contribution in [3.63, 3.8) is 0 Å². The van der Waals surface area contributed by atoms with E-state index >= 15 is 0 Å². The summed E-state index contributed by atoms with van der Waals surface area (Å²) in [5, 5.41) is 3.32. The Morgan fingerprint density at radius 1 is 1.15 bits per heavy atom. The van der Waals surface area contributed by atoms with E-state index in [1.807, 2.05) is 0 Å². The highest BCUT2D eigenvalue weighted by molar-refractivity contribution is 7.45. The Morgan fingerprint density at radius 2 is 1.62 bits per heavy atom. The summed E-state index contributed by atoms with van der Waals surface area (Å²) in [6, 6.07) is 0. The molecule has 3 nitrogen and oxygen atoms in total. The molecule has 0 atom stereocenters. The lowest BCUT2D eigenvalue weighted by Crippen LogP contribution is -2.37. The van der Waals surface area contributed by atoms with Gasteiger partial charge in [-0.25, -0.2) is 5.09 Å². The van der Waals surface area contributed by atoms with Gasteiger partial charge in [0.1, 0.15) is 0 Å². The Bertz CT molecular complexity index is 167. The molecule has 1 aliphatic rings. The third-order valence-electron chi connectivity index (χ3n) is 1.57. The van der Waals surface area contributed by atoms with Gasteiger partial charge in [0.05, 0.1) is 13.2 Å². The van der Waals surface area contributed by atoms with Crippen molar-refractivity contribution >= 4 is 8.53 Å². The third kappa shape index (κ3) is 4.37. The molecule has 78 valence electrons. The first kappa shape index (κ1) is 11.4. The van der Waals surface area contributed by atoms with Gasteiger partial charge >= 0.3 is 0 Å². The highest BCUT2D eigenvalue weighted by Crippen LogP contribution is 2.43. The zero-order chi connectivity index (χ0) is 10.1. The summed E-state index contributed by atoms with van der Waals surface area (Å²) < 4.78 is 11.2. The highest BCUT2D eigenvalue weighted by atomic mass is 31.2. The van der Waals surface area contributed by atoms with Crippen molar-refractivity contribution in [3.05, 3.63) is 0 Å². The normalized spacial score (nSPS) is 24.7. The smallest absolute Gasteiger partial charge is 0.256 e. The Hall–Kier alpha value is 0.310. The molecule has 0 aromatic heterocycles. The van der Waals surface area contributed by atoms with E-state index in [0.29, 0.717) is 0 Å². The molecule has 1 saturated heterocycles.